The van der Waals surface area contributed by atoms with Gasteiger partial charge in [0.05, 0.1) is 6.61 Å². The van der Waals surface area contributed by atoms with Gasteiger partial charge in [-0.15, -0.1) is 11.3 Å². The first-order valence-corrected chi connectivity index (χ1v) is 7.02. The lowest BCUT2D eigenvalue weighted by molar-refractivity contribution is 0.0854. The molecule has 1 aromatic rings. The molecule has 0 unspecified atom stereocenters. The Morgan fingerprint density at radius 3 is 3.00 bits per heavy atom. The highest BCUT2D eigenvalue weighted by Crippen LogP contribution is 2.31. The van der Waals surface area contributed by atoms with Crippen molar-refractivity contribution in [1.29, 1.82) is 0 Å². The lowest BCUT2D eigenvalue weighted by Gasteiger charge is -2.39. The van der Waals surface area contributed by atoms with E-state index >= 15 is 0 Å². The molecule has 0 aromatic carbocycles. The molecule has 1 aliphatic rings. The van der Waals surface area contributed by atoms with Crippen LogP contribution < -0.4 is 5.32 Å². The summed E-state index contributed by atoms with van der Waals surface area (Å²) in [5.41, 5.74) is 0.727. The number of nitrogens with one attached hydrogen (secondary N) is 1. The Morgan fingerprint density at radius 2 is 2.39 bits per heavy atom. The largest absolute Gasteiger partial charge is 0.395 e. The van der Waals surface area contributed by atoms with Gasteiger partial charge in [0, 0.05) is 17.5 Å². The van der Waals surface area contributed by atoms with Crippen LogP contribution in [-0.2, 0) is 0 Å². The van der Waals surface area contributed by atoms with Crippen molar-refractivity contribution in [2.24, 2.45) is 0 Å². The molecule has 0 spiro atoms. The van der Waals surface area contributed by atoms with Gasteiger partial charge < -0.3 is 10.4 Å². The Hall–Kier alpha value is -1.31. The minimum absolute atomic E-state index is 0.0273. The Bertz CT molecular complexity index is 491. The number of thiophene rings is 1. The maximum Gasteiger partial charge on any atom is 0.263 e. The van der Waals surface area contributed by atoms with E-state index in [9.17, 15) is 4.79 Å². The van der Waals surface area contributed by atoms with E-state index in [1.54, 1.807) is 0 Å². The van der Waals surface area contributed by atoms with Gasteiger partial charge in [-0.05, 0) is 37.6 Å². The zero-order chi connectivity index (χ0) is 13.0. The molecule has 18 heavy (non-hydrogen) atoms. The Kier molecular flexibility index (Phi) is 4.05. The molecule has 0 bridgehead atoms. The summed E-state index contributed by atoms with van der Waals surface area (Å²) in [5.74, 6) is 5.76. The second-order valence-electron chi connectivity index (χ2n) is 4.81. The van der Waals surface area contributed by atoms with E-state index in [-0.39, 0.29) is 18.1 Å². The lowest BCUT2D eigenvalue weighted by Crippen LogP contribution is -2.50. The van der Waals surface area contributed by atoms with Crippen molar-refractivity contribution >= 4 is 17.2 Å². The third-order valence-corrected chi connectivity index (χ3v) is 4.12. The molecule has 1 aliphatic carbocycles. The third-order valence-electron chi connectivity index (χ3n) is 3.20. The Balaban J connectivity index is 2.07. The normalized spacial score (nSPS) is 16.3. The van der Waals surface area contributed by atoms with Crippen LogP contribution in [0.4, 0.5) is 0 Å². The molecule has 0 atom stereocenters. The monoisotopic (exact) mass is 263 g/mol. The van der Waals surface area contributed by atoms with Gasteiger partial charge in [0.15, 0.2) is 0 Å². The molecule has 0 aliphatic heterocycles. The number of hydrogen-bond donors (Lipinski definition) is 2. The van der Waals surface area contributed by atoms with Crippen LogP contribution in [0.1, 0.15) is 47.8 Å². The molecule has 3 nitrogen and oxygen atoms in total. The van der Waals surface area contributed by atoms with Gasteiger partial charge in [-0.25, -0.2) is 0 Å². The molecule has 0 radical (unpaired) electrons. The highest BCUT2D eigenvalue weighted by Gasteiger charge is 2.33. The number of hydrogen-bond acceptors (Lipinski definition) is 3. The summed E-state index contributed by atoms with van der Waals surface area (Å²) in [7, 11) is 0. The Labute approximate surface area is 111 Å². The second-order valence-corrected chi connectivity index (χ2v) is 5.72. The quantitative estimate of drug-likeness (QED) is 0.821. The minimum atomic E-state index is -0.0309. The molecule has 1 aromatic heterocycles. The molecule has 1 amide bonds. The molecular formula is C14H17NO2S. The van der Waals surface area contributed by atoms with Crippen LogP contribution in [-0.4, -0.2) is 23.2 Å². The fourth-order valence-electron chi connectivity index (χ4n) is 1.96. The SMILES string of the molecule is CC1(NC(=O)c2sccc2C#CCCO)CCC1. The average Bonchev–Trinajstić information content (AvgIpc) is 2.76. The zero-order valence-electron chi connectivity index (χ0n) is 10.5. The van der Waals surface area contributed by atoms with Crippen LogP contribution in [0.3, 0.4) is 0 Å². The van der Waals surface area contributed by atoms with Gasteiger partial charge in [-0.1, -0.05) is 11.8 Å². The molecule has 1 heterocycles. The van der Waals surface area contributed by atoms with Gasteiger partial charge in [0.2, 0.25) is 0 Å². The maximum absolute atomic E-state index is 12.1. The topological polar surface area (TPSA) is 49.3 Å². The summed E-state index contributed by atoms with van der Waals surface area (Å²) in [6, 6.07) is 1.85. The van der Waals surface area contributed by atoms with E-state index in [1.165, 1.54) is 17.8 Å². The first kappa shape index (κ1) is 13.1. The van der Waals surface area contributed by atoms with E-state index in [1.807, 2.05) is 11.4 Å². The van der Waals surface area contributed by atoms with Crippen molar-refractivity contribution < 1.29 is 9.90 Å². The smallest absolute Gasteiger partial charge is 0.263 e. The number of aliphatic hydroxyl groups is 1. The first-order chi connectivity index (χ1) is 8.64. The summed E-state index contributed by atoms with van der Waals surface area (Å²) in [5, 5.41) is 13.6. The molecule has 2 N–H and O–H groups in total. The van der Waals surface area contributed by atoms with Gasteiger partial charge in [0.25, 0.3) is 5.91 Å². The summed E-state index contributed by atoms with van der Waals surface area (Å²) in [6.45, 7) is 2.13. The first-order valence-electron chi connectivity index (χ1n) is 6.14. The zero-order valence-corrected chi connectivity index (χ0v) is 11.3. The number of rotatable bonds is 3. The summed E-state index contributed by atoms with van der Waals surface area (Å²) in [6.07, 6.45) is 3.73. The van der Waals surface area contributed by atoms with E-state index in [0.29, 0.717) is 11.3 Å². The van der Waals surface area contributed by atoms with Crippen molar-refractivity contribution in [3.63, 3.8) is 0 Å². The lowest BCUT2D eigenvalue weighted by atomic mass is 9.78. The number of amides is 1. The van der Waals surface area contributed by atoms with E-state index in [0.717, 1.165) is 18.4 Å². The summed E-state index contributed by atoms with van der Waals surface area (Å²) >= 11 is 1.41. The van der Waals surface area contributed by atoms with Crippen LogP contribution in [0.15, 0.2) is 11.4 Å². The second kappa shape index (κ2) is 5.55. The molecular weight excluding hydrogens is 246 g/mol. The van der Waals surface area contributed by atoms with Crippen LogP contribution in [0.25, 0.3) is 0 Å². The van der Waals surface area contributed by atoms with Gasteiger partial charge >= 0.3 is 0 Å². The predicted octanol–water partition coefficient (Wildman–Crippen LogP) is 2.15. The third kappa shape index (κ3) is 2.92. The van der Waals surface area contributed by atoms with Crippen molar-refractivity contribution in [3.05, 3.63) is 21.9 Å². The molecule has 1 fully saturated rings. The van der Waals surface area contributed by atoms with E-state index in [4.69, 9.17) is 5.11 Å². The van der Waals surface area contributed by atoms with Gasteiger partial charge in [0.1, 0.15) is 4.88 Å². The number of carbonyl (C=O) groups excluding carboxylic acids is 1. The minimum Gasteiger partial charge on any atom is -0.395 e. The van der Waals surface area contributed by atoms with Crippen LogP contribution >= 0.6 is 11.3 Å². The van der Waals surface area contributed by atoms with Crippen molar-refractivity contribution in [2.45, 2.75) is 38.1 Å². The maximum atomic E-state index is 12.1. The van der Waals surface area contributed by atoms with Crippen LogP contribution in [0, 0.1) is 11.8 Å². The summed E-state index contributed by atoms with van der Waals surface area (Å²) < 4.78 is 0. The van der Waals surface area contributed by atoms with E-state index in [2.05, 4.69) is 24.1 Å². The predicted molar refractivity (Wildman–Crippen MR) is 72.6 cm³/mol. The van der Waals surface area contributed by atoms with Gasteiger partial charge in [-0.3, -0.25) is 4.79 Å². The molecule has 1 saturated carbocycles. The highest BCUT2D eigenvalue weighted by molar-refractivity contribution is 7.12. The molecule has 4 heteroatoms. The number of aliphatic hydroxyl groups excluding tert-OH is 1. The van der Waals surface area contributed by atoms with Crippen molar-refractivity contribution in [3.8, 4) is 11.8 Å². The average molecular weight is 263 g/mol. The van der Waals surface area contributed by atoms with Gasteiger partial charge in [-0.2, -0.15) is 0 Å². The standard InChI is InChI=1S/C14H17NO2S/c1-14(7-4-8-14)15-13(17)12-11(6-10-18-12)5-2-3-9-16/h6,10,16H,3-4,7-9H2,1H3,(H,15,17). The molecule has 2 rings (SSSR count). The molecule has 0 saturated heterocycles. The van der Waals surface area contributed by atoms with Crippen LogP contribution in [0.2, 0.25) is 0 Å². The van der Waals surface area contributed by atoms with Crippen molar-refractivity contribution in [1.82, 2.24) is 5.32 Å². The van der Waals surface area contributed by atoms with Crippen LogP contribution in [0.5, 0.6) is 0 Å². The summed E-state index contributed by atoms with van der Waals surface area (Å²) in [4.78, 5) is 12.8. The Morgan fingerprint density at radius 1 is 1.61 bits per heavy atom. The fraction of sp³-hybridized carbons (Fsp3) is 0.500. The fourth-order valence-corrected chi connectivity index (χ4v) is 2.70. The molecule has 96 valence electrons. The van der Waals surface area contributed by atoms with E-state index < -0.39 is 0 Å². The van der Waals surface area contributed by atoms with Crippen molar-refractivity contribution in [2.75, 3.05) is 6.61 Å². The highest BCUT2D eigenvalue weighted by atomic mass is 32.1. The number of carbonyl (C=O) groups is 1.